The summed E-state index contributed by atoms with van der Waals surface area (Å²) in [5, 5.41) is 12.5. The number of aliphatic hydroxyl groups is 1. The Labute approximate surface area is 195 Å². The highest BCUT2D eigenvalue weighted by Gasteiger charge is 2.45. The molecule has 2 aromatic heterocycles. The van der Waals surface area contributed by atoms with Crippen molar-refractivity contribution in [1.82, 2.24) is 9.47 Å². The van der Waals surface area contributed by atoms with Gasteiger partial charge in [-0.3, -0.25) is 9.59 Å². The van der Waals surface area contributed by atoms with E-state index in [1.54, 1.807) is 24.3 Å². The summed E-state index contributed by atoms with van der Waals surface area (Å²) >= 11 is 0. The number of rotatable bonds is 7. The number of hydrogen-bond donors (Lipinski definition) is 1. The maximum atomic E-state index is 13.7. The third-order valence-corrected chi connectivity index (χ3v) is 6.26. The molecule has 1 unspecified atom stereocenters. The minimum Gasteiger partial charge on any atom is -0.503 e. The molecule has 3 heterocycles. The van der Waals surface area contributed by atoms with Gasteiger partial charge in [0.1, 0.15) is 0 Å². The molecule has 1 atom stereocenters. The van der Waals surface area contributed by atoms with Crippen LogP contribution in [-0.2, 0) is 16.6 Å². The average Bonchev–Trinajstić information content (AvgIpc) is 3.50. The molecule has 1 aliphatic rings. The standard InChI is InChI=1S/C26H24N2O6/c1-27-14-17(16-8-4-5-9-18(16)27)22-21(24(30)26(31)28(22)11-12-32-2)23(29)20-13-15-7-6-10-19(33-3)25(15)34-20/h4-10,13-14,22,30H,11-12H2,1-3H3. The molecular weight excluding hydrogens is 436 g/mol. The van der Waals surface area contributed by atoms with Crippen LogP contribution in [-0.4, -0.2) is 53.6 Å². The first kappa shape index (κ1) is 21.8. The predicted molar refractivity (Wildman–Crippen MR) is 126 cm³/mol. The molecule has 0 fully saturated rings. The number of furan rings is 1. The van der Waals surface area contributed by atoms with Gasteiger partial charge in [0.05, 0.1) is 25.3 Å². The van der Waals surface area contributed by atoms with E-state index in [1.165, 1.54) is 19.1 Å². The van der Waals surface area contributed by atoms with E-state index in [1.807, 2.05) is 42.1 Å². The quantitative estimate of drug-likeness (QED) is 0.416. The van der Waals surface area contributed by atoms with Crippen LogP contribution in [0, 0.1) is 0 Å². The summed E-state index contributed by atoms with van der Waals surface area (Å²) in [7, 11) is 4.96. The minimum absolute atomic E-state index is 0.0181. The molecule has 8 heteroatoms. The average molecular weight is 460 g/mol. The van der Waals surface area contributed by atoms with E-state index in [0.29, 0.717) is 16.7 Å². The van der Waals surface area contributed by atoms with Crippen molar-refractivity contribution in [2.45, 2.75) is 6.04 Å². The van der Waals surface area contributed by atoms with Crippen LogP contribution in [0.3, 0.4) is 0 Å². The zero-order chi connectivity index (χ0) is 24.0. The van der Waals surface area contributed by atoms with Crippen LogP contribution in [0.15, 0.2) is 70.5 Å². The Morgan fingerprint density at radius 3 is 2.71 bits per heavy atom. The summed E-state index contributed by atoms with van der Waals surface area (Å²) in [5.74, 6) is -1.24. The Morgan fingerprint density at radius 1 is 1.15 bits per heavy atom. The molecule has 1 aliphatic heterocycles. The van der Waals surface area contributed by atoms with Gasteiger partial charge < -0.3 is 28.5 Å². The lowest BCUT2D eigenvalue weighted by Crippen LogP contribution is -2.33. The first-order valence-corrected chi connectivity index (χ1v) is 10.8. The fraction of sp³-hybridized carbons (Fsp3) is 0.231. The van der Waals surface area contributed by atoms with Crippen molar-refractivity contribution in [3.8, 4) is 5.75 Å². The van der Waals surface area contributed by atoms with Gasteiger partial charge >= 0.3 is 0 Å². The van der Waals surface area contributed by atoms with Gasteiger partial charge in [-0.1, -0.05) is 30.3 Å². The number of carbonyl (C=O) groups excluding carboxylic acids is 2. The number of nitrogens with zero attached hydrogens (tertiary/aromatic N) is 2. The number of para-hydroxylation sites is 2. The number of fused-ring (bicyclic) bond motifs is 2. The van der Waals surface area contributed by atoms with Gasteiger partial charge in [0.2, 0.25) is 5.78 Å². The Balaban J connectivity index is 1.67. The Morgan fingerprint density at radius 2 is 1.94 bits per heavy atom. The number of methoxy groups -OCH3 is 2. The lowest BCUT2D eigenvalue weighted by atomic mass is 9.94. The number of aromatic nitrogens is 1. The molecule has 0 saturated heterocycles. The number of aryl methyl sites for hydroxylation is 1. The molecule has 1 N–H and O–H groups in total. The predicted octanol–water partition coefficient (Wildman–Crippen LogP) is 4.16. The summed E-state index contributed by atoms with van der Waals surface area (Å²) in [6.45, 7) is 0.460. The van der Waals surface area contributed by atoms with Crippen LogP contribution in [0.5, 0.6) is 5.75 Å². The normalized spacial score (nSPS) is 16.3. The van der Waals surface area contributed by atoms with E-state index >= 15 is 0 Å². The first-order valence-electron chi connectivity index (χ1n) is 10.8. The summed E-state index contributed by atoms with van der Waals surface area (Å²) in [4.78, 5) is 28.3. The number of ketones is 1. The van der Waals surface area contributed by atoms with E-state index in [2.05, 4.69) is 0 Å². The van der Waals surface area contributed by atoms with Crippen molar-refractivity contribution in [2.75, 3.05) is 27.4 Å². The summed E-state index contributed by atoms with van der Waals surface area (Å²) in [6, 6.07) is 13.9. The highest BCUT2D eigenvalue weighted by Crippen LogP contribution is 2.42. The van der Waals surface area contributed by atoms with Gasteiger partial charge in [0, 0.05) is 48.8 Å². The Kier molecular flexibility index (Phi) is 5.37. The maximum Gasteiger partial charge on any atom is 0.290 e. The smallest absolute Gasteiger partial charge is 0.290 e. The van der Waals surface area contributed by atoms with Crippen molar-refractivity contribution in [1.29, 1.82) is 0 Å². The van der Waals surface area contributed by atoms with E-state index in [0.717, 1.165) is 16.5 Å². The van der Waals surface area contributed by atoms with Crippen molar-refractivity contribution < 1.29 is 28.6 Å². The number of benzene rings is 2. The molecule has 0 spiro atoms. The van der Waals surface area contributed by atoms with Gasteiger partial charge in [0.15, 0.2) is 22.9 Å². The van der Waals surface area contributed by atoms with Gasteiger partial charge in [0.25, 0.3) is 5.91 Å². The van der Waals surface area contributed by atoms with Gasteiger partial charge in [-0.05, 0) is 18.2 Å². The molecule has 4 aromatic rings. The van der Waals surface area contributed by atoms with Crippen LogP contribution in [0.4, 0.5) is 0 Å². The minimum atomic E-state index is -0.795. The second kappa shape index (κ2) is 8.39. The molecule has 1 amide bonds. The fourth-order valence-corrected chi connectivity index (χ4v) is 4.66. The zero-order valence-electron chi connectivity index (χ0n) is 19.1. The van der Waals surface area contributed by atoms with Gasteiger partial charge in [-0.2, -0.15) is 0 Å². The maximum absolute atomic E-state index is 13.7. The summed E-state index contributed by atoms with van der Waals surface area (Å²) in [6.07, 6.45) is 1.88. The highest BCUT2D eigenvalue weighted by molar-refractivity contribution is 6.16. The Hall–Kier alpha value is -4.04. The highest BCUT2D eigenvalue weighted by atomic mass is 16.5. The SMILES string of the molecule is COCCN1C(=O)C(O)=C(C(=O)c2cc3cccc(OC)c3o2)C1c1cn(C)c2ccccc12. The molecule has 0 saturated carbocycles. The van der Waals surface area contributed by atoms with Crippen LogP contribution >= 0.6 is 0 Å². The lowest BCUT2D eigenvalue weighted by Gasteiger charge is -2.26. The van der Waals surface area contributed by atoms with Crippen molar-refractivity contribution in [3.05, 3.63) is 77.4 Å². The van der Waals surface area contributed by atoms with Crippen molar-refractivity contribution in [2.24, 2.45) is 7.05 Å². The lowest BCUT2D eigenvalue weighted by molar-refractivity contribution is -0.130. The van der Waals surface area contributed by atoms with E-state index in [4.69, 9.17) is 13.9 Å². The van der Waals surface area contributed by atoms with Crippen LogP contribution in [0.2, 0.25) is 0 Å². The topological polar surface area (TPSA) is 94.1 Å². The number of hydrogen-bond acceptors (Lipinski definition) is 6. The van der Waals surface area contributed by atoms with E-state index < -0.39 is 23.5 Å². The number of Topliss-reactive ketones (excluding diaryl/α,β-unsaturated/α-hetero) is 1. The van der Waals surface area contributed by atoms with Gasteiger partial charge in [-0.15, -0.1) is 0 Å². The molecule has 0 aliphatic carbocycles. The molecule has 5 rings (SSSR count). The summed E-state index contributed by atoms with van der Waals surface area (Å²) < 4.78 is 18.3. The number of ether oxygens (including phenoxy) is 2. The van der Waals surface area contributed by atoms with Crippen LogP contribution < -0.4 is 4.74 Å². The fourth-order valence-electron chi connectivity index (χ4n) is 4.66. The number of amides is 1. The van der Waals surface area contributed by atoms with Crippen LogP contribution in [0.1, 0.15) is 22.2 Å². The monoisotopic (exact) mass is 460 g/mol. The van der Waals surface area contributed by atoms with Crippen molar-refractivity contribution >= 4 is 33.6 Å². The van der Waals surface area contributed by atoms with Crippen molar-refractivity contribution in [3.63, 3.8) is 0 Å². The molecule has 8 nitrogen and oxygen atoms in total. The van der Waals surface area contributed by atoms with Gasteiger partial charge in [-0.25, -0.2) is 0 Å². The molecule has 174 valence electrons. The molecule has 2 aromatic carbocycles. The van der Waals surface area contributed by atoms with E-state index in [9.17, 15) is 14.7 Å². The second-order valence-corrected chi connectivity index (χ2v) is 8.19. The zero-order valence-corrected chi connectivity index (χ0v) is 19.1. The number of aliphatic hydroxyl groups excluding tert-OH is 1. The first-order chi connectivity index (χ1) is 16.5. The molecular formula is C26H24N2O6. The third-order valence-electron chi connectivity index (χ3n) is 6.26. The van der Waals surface area contributed by atoms with Crippen LogP contribution in [0.25, 0.3) is 21.9 Å². The Bertz CT molecular complexity index is 1460. The largest absolute Gasteiger partial charge is 0.503 e. The summed E-state index contributed by atoms with van der Waals surface area (Å²) in [5.41, 5.74) is 2.10. The number of carbonyl (C=O) groups is 2. The van der Waals surface area contributed by atoms with E-state index in [-0.39, 0.29) is 24.5 Å². The molecule has 0 radical (unpaired) electrons. The molecule has 34 heavy (non-hydrogen) atoms. The second-order valence-electron chi connectivity index (χ2n) is 8.19. The molecule has 0 bridgehead atoms. The third kappa shape index (κ3) is 3.26.